The second-order valence-electron chi connectivity index (χ2n) is 5.32. The summed E-state index contributed by atoms with van der Waals surface area (Å²) in [5.74, 6) is 0.990. The van der Waals surface area contributed by atoms with Crippen LogP contribution in [0.3, 0.4) is 0 Å². The number of aromatic nitrogens is 1. The highest BCUT2D eigenvalue weighted by molar-refractivity contribution is 7.89. The lowest BCUT2D eigenvalue weighted by Gasteiger charge is -2.07. The fourth-order valence-electron chi connectivity index (χ4n) is 2.52. The molecule has 1 N–H and O–H groups in total. The van der Waals surface area contributed by atoms with Crippen LogP contribution in [0.25, 0.3) is 11.1 Å². The molecule has 4 rings (SSSR count). The molecule has 7 nitrogen and oxygen atoms in total. The maximum atomic E-state index is 12.4. The van der Waals surface area contributed by atoms with Crippen LogP contribution >= 0.6 is 0 Å². The normalized spacial score (nSPS) is 13.5. The van der Waals surface area contributed by atoms with Crippen LogP contribution < -0.4 is 14.2 Å². The maximum Gasteiger partial charge on any atom is 0.240 e. The van der Waals surface area contributed by atoms with Crippen LogP contribution in [0.1, 0.15) is 5.56 Å². The van der Waals surface area contributed by atoms with Crippen molar-refractivity contribution < 1.29 is 22.3 Å². The third kappa shape index (κ3) is 2.81. The van der Waals surface area contributed by atoms with Gasteiger partial charge in [0, 0.05) is 12.6 Å². The highest BCUT2D eigenvalue weighted by Gasteiger charge is 2.19. The Bertz CT molecular complexity index is 997. The first-order valence-electron chi connectivity index (χ1n) is 7.33. The van der Waals surface area contributed by atoms with Crippen molar-refractivity contribution in [3.63, 3.8) is 0 Å². The summed E-state index contributed by atoms with van der Waals surface area (Å²) in [6.07, 6.45) is 1.93. The van der Waals surface area contributed by atoms with Crippen LogP contribution in [0.2, 0.25) is 0 Å². The van der Waals surface area contributed by atoms with Gasteiger partial charge in [-0.05, 0) is 36.2 Å². The molecule has 1 aromatic heterocycles. The Kier molecular flexibility index (Phi) is 3.62. The summed E-state index contributed by atoms with van der Waals surface area (Å²) < 4.78 is 42.9. The lowest BCUT2D eigenvalue weighted by molar-refractivity contribution is 0.174. The van der Waals surface area contributed by atoms with Crippen LogP contribution in [0.15, 0.2) is 52.1 Å². The number of oxazole rings is 1. The van der Waals surface area contributed by atoms with Crippen molar-refractivity contribution in [3.8, 4) is 11.5 Å². The summed E-state index contributed by atoms with van der Waals surface area (Å²) in [5, 5.41) is 0. The topological polar surface area (TPSA) is 90.7 Å². The van der Waals surface area contributed by atoms with Gasteiger partial charge in [-0.1, -0.05) is 6.07 Å². The fourth-order valence-corrected chi connectivity index (χ4v) is 3.56. The molecule has 2 heterocycles. The summed E-state index contributed by atoms with van der Waals surface area (Å²) in [6.45, 7) is 0.386. The Morgan fingerprint density at radius 3 is 2.88 bits per heavy atom. The zero-order chi connectivity index (χ0) is 16.6. The number of nitrogens with one attached hydrogen (secondary N) is 1. The van der Waals surface area contributed by atoms with Crippen LogP contribution in [0.4, 0.5) is 0 Å². The summed E-state index contributed by atoms with van der Waals surface area (Å²) in [6, 6.07) is 10.2. The van der Waals surface area contributed by atoms with Crippen molar-refractivity contribution in [2.24, 2.45) is 0 Å². The van der Waals surface area contributed by atoms with Gasteiger partial charge in [0.2, 0.25) is 16.8 Å². The largest absolute Gasteiger partial charge is 0.454 e. The number of hydrogen-bond donors (Lipinski definition) is 1. The standard InChI is InChI=1S/C16H14N2O5S/c19-24(20,12-2-4-15-16(8-12)23-10-22-15)18-6-5-11-1-3-14-13(7-11)17-9-21-14/h1-4,7-9,18H,5-6,10H2. The van der Waals surface area contributed by atoms with Gasteiger partial charge in [-0.2, -0.15) is 0 Å². The average molecular weight is 346 g/mol. The minimum Gasteiger partial charge on any atom is -0.454 e. The number of benzene rings is 2. The molecule has 0 saturated heterocycles. The van der Waals surface area contributed by atoms with E-state index < -0.39 is 10.0 Å². The third-order valence-electron chi connectivity index (χ3n) is 3.75. The molecule has 3 aromatic rings. The molecule has 1 aliphatic rings. The zero-order valence-corrected chi connectivity index (χ0v) is 13.4. The van der Waals surface area contributed by atoms with E-state index in [2.05, 4.69) is 9.71 Å². The van der Waals surface area contributed by atoms with Crippen LogP contribution in [0, 0.1) is 0 Å². The molecule has 0 saturated carbocycles. The molecular formula is C16H14N2O5S. The van der Waals surface area contributed by atoms with Gasteiger partial charge in [0.15, 0.2) is 23.5 Å². The molecule has 0 bridgehead atoms. The Morgan fingerprint density at radius 1 is 1.08 bits per heavy atom. The quantitative estimate of drug-likeness (QED) is 0.761. The summed E-state index contributed by atoms with van der Waals surface area (Å²) >= 11 is 0. The van der Waals surface area contributed by atoms with Gasteiger partial charge >= 0.3 is 0 Å². The van der Waals surface area contributed by atoms with E-state index in [4.69, 9.17) is 13.9 Å². The number of rotatable bonds is 5. The predicted octanol–water partition coefficient (Wildman–Crippen LogP) is 2.08. The van der Waals surface area contributed by atoms with Crippen molar-refractivity contribution in [3.05, 3.63) is 48.4 Å². The van der Waals surface area contributed by atoms with E-state index in [9.17, 15) is 8.42 Å². The molecule has 0 fully saturated rings. The molecular weight excluding hydrogens is 332 g/mol. The van der Waals surface area contributed by atoms with Gasteiger partial charge in [-0.15, -0.1) is 0 Å². The number of hydrogen-bond acceptors (Lipinski definition) is 6. The molecule has 0 atom stereocenters. The Balaban J connectivity index is 1.44. The van der Waals surface area contributed by atoms with Crippen molar-refractivity contribution in [1.82, 2.24) is 9.71 Å². The van der Waals surface area contributed by atoms with Gasteiger partial charge in [0.25, 0.3) is 0 Å². The lowest BCUT2D eigenvalue weighted by Crippen LogP contribution is -2.26. The number of sulfonamides is 1. The van der Waals surface area contributed by atoms with Crippen LogP contribution in [-0.2, 0) is 16.4 Å². The van der Waals surface area contributed by atoms with Gasteiger partial charge in [0.05, 0.1) is 4.90 Å². The average Bonchev–Trinajstić information content (AvgIpc) is 3.22. The molecule has 0 radical (unpaired) electrons. The molecule has 2 aromatic carbocycles. The first-order valence-corrected chi connectivity index (χ1v) is 8.82. The van der Waals surface area contributed by atoms with Crippen molar-refractivity contribution >= 4 is 21.1 Å². The van der Waals surface area contributed by atoms with E-state index in [1.165, 1.54) is 18.5 Å². The Labute approximate surface area is 138 Å². The number of ether oxygens (including phenoxy) is 2. The molecule has 0 spiro atoms. The molecule has 0 unspecified atom stereocenters. The van der Waals surface area contributed by atoms with E-state index in [1.54, 1.807) is 6.07 Å². The van der Waals surface area contributed by atoms with E-state index in [0.717, 1.165) is 11.1 Å². The SMILES string of the molecule is O=S(=O)(NCCc1ccc2ocnc2c1)c1ccc2c(c1)OCO2. The monoisotopic (exact) mass is 346 g/mol. The zero-order valence-electron chi connectivity index (χ0n) is 12.6. The first kappa shape index (κ1) is 15.0. The second-order valence-corrected chi connectivity index (χ2v) is 7.08. The minimum absolute atomic E-state index is 0.108. The smallest absolute Gasteiger partial charge is 0.240 e. The van der Waals surface area contributed by atoms with E-state index in [0.29, 0.717) is 23.5 Å². The van der Waals surface area contributed by atoms with Crippen molar-refractivity contribution in [1.29, 1.82) is 0 Å². The number of fused-ring (bicyclic) bond motifs is 2. The summed E-state index contributed by atoms with van der Waals surface area (Å²) in [4.78, 5) is 4.24. The number of nitrogens with zero attached hydrogens (tertiary/aromatic N) is 1. The fraction of sp³-hybridized carbons (Fsp3) is 0.188. The van der Waals surface area contributed by atoms with Gasteiger partial charge in [-0.25, -0.2) is 18.1 Å². The van der Waals surface area contributed by atoms with Gasteiger partial charge in [-0.3, -0.25) is 0 Å². The van der Waals surface area contributed by atoms with E-state index >= 15 is 0 Å². The van der Waals surface area contributed by atoms with Crippen molar-refractivity contribution in [2.75, 3.05) is 13.3 Å². The summed E-state index contributed by atoms with van der Waals surface area (Å²) in [5.41, 5.74) is 2.44. The third-order valence-corrected chi connectivity index (χ3v) is 5.21. The minimum atomic E-state index is -3.60. The Morgan fingerprint density at radius 2 is 1.96 bits per heavy atom. The molecule has 124 valence electrons. The first-order chi connectivity index (χ1) is 11.6. The van der Waals surface area contributed by atoms with Crippen LogP contribution in [-0.4, -0.2) is 26.7 Å². The Hall–Kier alpha value is -2.58. The van der Waals surface area contributed by atoms with Crippen LogP contribution in [0.5, 0.6) is 11.5 Å². The molecule has 0 aliphatic carbocycles. The van der Waals surface area contributed by atoms with E-state index in [-0.39, 0.29) is 18.2 Å². The van der Waals surface area contributed by atoms with E-state index in [1.807, 2.05) is 18.2 Å². The maximum absolute atomic E-state index is 12.4. The highest BCUT2D eigenvalue weighted by atomic mass is 32.2. The summed E-state index contributed by atoms with van der Waals surface area (Å²) in [7, 11) is -3.60. The molecule has 0 amide bonds. The lowest BCUT2D eigenvalue weighted by atomic mass is 10.1. The van der Waals surface area contributed by atoms with Crippen molar-refractivity contribution in [2.45, 2.75) is 11.3 Å². The second kappa shape index (κ2) is 5.81. The highest BCUT2D eigenvalue weighted by Crippen LogP contribution is 2.33. The molecule has 1 aliphatic heterocycles. The molecule has 8 heteroatoms. The van der Waals surface area contributed by atoms with Gasteiger partial charge in [0.1, 0.15) is 5.52 Å². The molecule has 24 heavy (non-hydrogen) atoms. The van der Waals surface area contributed by atoms with Gasteiger partial charge < -0.3 is 13.9 Å². The predicted molar refractivity (Wildman–Crippen MR) is 85.5 cm³/mol.